The summed E-state index contributed by atoms with van der Waals surface area (Å²) in [5.74, 6) is -1.74. The number of rotatable bonds is 1. The van der Waals surface area contributed by atoms with E-state index < -0.39 is 11.7 Å². The monoisotopic (exact) mass is 178 g/mol. The first-order valence-corrected chi connectivity index (χ1v) is 3.32. The van der Waals surface area contributed by atoms with Gasteiger partial charge in [0, 0.05) is 6.07 Å². The molecule has 0 amide bonds. The molecular weight excluding hydrogens is 172 g/mol. The number of aromatic hydroxyl groups is 1. The van der Waals surface area contributed by atoms with Crippen LogP contribution in [0.3, 0.4) is 0 Å². The second-order valence-corrected chi connectivity index (χ2v) is 2.37. The highest BCUT2D eigenvalue weighted by molar-refractivity contribution is 5.92. The standard InChI is InChI=1S/C8H6N2O3/c9-3-4-1-5(8(12)13)7(11)2-6(4)10/h1-2,11H,10H2,(H,12,13). The number of aromatic carboxylic acids is 1. The van der Waals surface area contributed by atoms with E-state index in [2.05, 4.69) is 0 Å². The van der Waals surface area contributed by atoms with E-state index in [1.165, 1.54) is 0 Å². The molecule has 0 aliphatic carbocycles. The molecule has 0 spiro atoms. The molecule has 1 rings (SSSR count). The molecule has 5 nitrogen and oxygen atoms in total. The summed E-state index contributed by atoms with van der Waals surface area (Å²) in [6.07, 6.45) is 0. The Balaban J connectivity index is 3.41. The van der Waals surface area contributed by atoms with Gasteiger partial charge in [0.15, 0.2) is 0 Å². The van der Waals surface area contributed by atoms with Gasteiger partial charge in [-0.25, -0.2) is 4.79 Å². The van der Waals surface area contributed by atoms with Crippen molar-refractivity contribution in [2.75, 3.05) is 5.73 Å². The number of carboxylic acids is 1. The third-order valence-corrected chi connectivity index (χ3v) is 1.52. The number of phenols is 1. The quantitative estimate of drug-likeness (QED) is 0.544. The Labute approximate surface area is 73.6 Å². The highest BCUT2D eigenvalue weighted by Gasteiger charge is 2.12. The summed E-state index contributed by atoms with van der Waals surface area (Å²) < 4.78 is 0. The number of carboxylic acid groups (broad SMARTS) is 1. The largest absolute Gasteiger partial charge is 0.507 e. The molecule has 0 saturated heterocycles. The van der Waals surface area contributed by atoms with Gasteiger partial charge in [-0.2, -0.15) is 5.26 Å². The van der Waals surface area contributed by atoms with Crippen LogP contribution in [0.15, 0.2) is 12.1 Å². The fraction of sp³-hybridized carbons (Fsp3) is 0. The molecule has 66 valence electrons. The fourth-order valence-electron chi connectivity index (χ4n) is 0.873. The molecular formula is C8H6N2O3. The molecule has 0 saturated carbocycles. The zero-order chi connectivity index (χ0) is 10.0. The van der Waals surface area contributed by atoms with E-state index in [1.54, 1.807) is 6.07 Å². The van der Waals surface area contributed by atoms with E-state index in [9.17, 15) is 4.79 Å². The second kappa shape index (κ2) is 3.03. The number of benzene rings is 1. The average molecular weight is 178 g/mol. The first-order chi connectivity index (χ1) is 6.06. The van der Waals surface area contributed by atoms with Crippen LogP contribution in [0.1, 0.15) is 15.9 Å². The lowest BCUT2D eigenvalue weighted by atomic mass is 10.1. The van der Waals surface area contributed by atoms with E-state index in [1.807, 2.05) is 0 Å². The van der Waals surface area contributed by atoms with Gasteiger partial charge in [-0.3, -0.25) is 0 Å². The number of anilines is 1. The van der Waals surface area contributed by atoms with Crippen molar-refractivity contribution in [1.29, 1.82) is 5.26 Å². The SMILES string of the molecule is N#Cc1cc(C(=O)O)c(O)cc1N. The molecule has 0 aliphatic heterocycles. The van der Waals surface area contributed by atoms with Crippen LogP contribution in [0.25, 0.3) is 0 Å². The Morgan fingerprint density at radius 2 is 2.15 bits per heavy atom. The van der Waals surface area contributed by atoms with Gasteiger partial charge in [0.1, 0.15) is 17.4 Å². The molecule has 0 unspecified atom stereocenters. The van der Waals surface area contributed by atoms with E-state index >= 15 is 0 Å². The van der Waals surface area contributed by atoms with Gasteiger partial charge >= 0.3 is 5.97 Å². The highest BCUT2D eigenvalue weighted by Crippen LogP contribution is 2.23. The Morgan fingerprint density at radius 3 is 2.62 bits per heavy atom. The topological polar surface area (TPSA) is 107 Å². The first kappa shape index (κ1) is 8.87. The van der Waals surface area contributed by atoms with Gasteiger partial charge in [0.05, 0.1) is 11.3 Å². The number of carbonyl (C=O) groups is 1. The van der Waals surface area contributed by atoms with Gasteiger partial charge in [0.25, 0.3) is 0 Å². The van der Waals surface area contributed by atoms with Crippen molar-refractivity contribution in [3.05, 3.63) is 23.3 Å². The van der Waals surface area contributed by atoms with Crippen molar-refractivity contribution in [2.24, 2.45) is 0 Å². The molecule has 4 N–H and O–H groups in total. The molecule has 0 fully saturated rings. The molecule has 13 heavy (non-hydrogen) atoms. The molecule has 0 bridgehead atoms. The van der Waals surface area contributed by atoms with Crippen molar-refractivity contribution in [2.45, 2.75) is 0 Å². The van der Waals surface area contributed by atoms with E-state index in [-0.39, 0.29) is 16.8 Å². The predicted molar refractivity (Wildman–Crippen MR) is 44.2 cm³/mol. The van der Waals surface area contributed by atoms with Gasteiger partial charge in [0.2, 0.25) is 0 Å². The van der Waals surface area contributed by atoms with Crippen molar-refractivity contribution < 1.29 is 15.0 Å². The number of nitrogens with zero attached hydrogens (tertiary/aromatic N) is 1. The zero-order valence-corrected chi connectivity index (χ0v) is 6.48. The summed E-state index contributed by atoms with van der Waals surface area (Å²) in [5, 5.41) is 26.2. The minimum Gasteiger partial charge on any atom is -0.507 e. The van der Waals surface area contributed by atoms with Crippen LogP contribution in [0.5, 0.6) is 5.75 Å². The summed E-state index contributed by atoms with van der Waals surface area (Å²) in [4.78, 5) is 10.5. The number of nitrogens with two attached hydrogens (primary N) is 1. The number of hydrogen-bond acceptors (Lipinski definition) is 4. The molecule has 0 aliphatic rings. The number of nitriles is 1. The molecule has 0 atom stereocenters. The van der Waals surface area contributed by atoms with Crippen LogP contribution in [-0.4, -0.2) is 16.2 Å². The third kappa shape index (κ3) is 1.51. The lowest BCUT2D eigenvalue weighted by molar-refractivity contribution is 0.0694. The maximum atomic E-state index is 10.5. The Kier molecular flexibility index (Phi) is 2.07. The lowest BCUT2D eigenvalue weighted by Crippen LogP contribution is -2.00. The summed E-state index contributed by atoms with van der Waals surface area (Å²) in [6, 6.07) is 3.80. The summed E-state index contributed by atoms with van der Waals surface area (Å²) >= 11 is 0. The molecule has 0 aromatic heterocycles. The lowest BCUT2D eigenvalue weighted by Gasteiger charge is -2.02. The van der Waals surface area contributed by atoms with Gasteiger partial charge in [-0.1, -0.05) is 0 Å². The maximum Gasteiger partial charge on any atom is 0.339 e. The van der Waals surface area contributed by atoms with Gasteiger partial charge < -0.3 is 15.9 Å². The minimum absolute atomic E-state index is 0.0372. The Bertz CT molecular complexity index is 407. The normalized spacial score (nSPS) is 9.15. The second-order valence-electron chi connectivity index (χ2n) is 2.37. The molecule has 1 aromatic carbocycles. The van der Waals surface area contributed by atoms with Crippen molar-refractivity contribution >= 4 is 11.7 Å². The molecule has 5 heteroatoms. The van der Waals surface area contributed by atoms with E-state index in [0.29, 0.717) is 0 Å². The van der Waals surface area contributed by atoms with Crippen LogP contribution in [0.4, 0.5) is 5.69 Å². The molecule has 0 radical (unpaired) electrons. The highest BCUT2D eigenvalue weighted by atomic mass is 16.4. The van der Waals surface area contributed by atoms with Crippen LogP contribution >= 0.6 is 0 Å². The smallest absolute Gasteiger partial charge is 0.339 e. The van der Waals surface area contributed by atoms with Crippen LogP contribution in [0.2, 0.25) is 0 Å². The van der Waals surface area contributed by atoms with Gasteiger partial charge in [-0.15, -0.1) is 0 Å². The fourth-order valence-corrected chi connectivity index (χ4v) is 0.873. The van der Waals surface area contributed by atoms with Crippen molar-refractivity contribution in [3.63, 3.8) is 0 Å². The number of nitrogen functional groups attached to an aromatic ring is 1. The molecule has 0 heterocycles. The van der Waals surface area contributed by atoms with Crippen molar-refractivity contribution in [3.8, 4) is 11.8 Å². The first-order valence-electron chi connectivity index (χ1n) is 3.32. The Hall–Kier alpha value is -2.22. The summed E-state index contributed by atoms with van der Waals surface area (Å²) in [7, 11) is 0. The summed E-state index contributed by atoms with van der Waals surface area (Å²) in [5.41, 5.74) is 5.09. The van der Waals surface area contributed by atoms with Crippen molar-refractivity contribution in [1.82, 2.24) is 0 Å². The minimum atomic E-state index is -1.30. The predicted octanol–water partition coefficient (Wildman–Crippen LogP) is 0.544. The number of hydrogen-bond donors (Lipinski definition) is 3. The van der Waals surface area contributed by atoms with Crippen LogP contribution < -0.4 is 5.73 Å². The Morgan fingerprint density at radius 1 is 1.54 bits per heavy atom. The van der Waals surface area contributed by atoms with E-state index in [0.717, 1.165) is 12.1 Å². The maximum absolute atomic E-state index is 10.5. The molecule has 1 aromatic rings. The van der Waals surface area contributed by atoms with Crippen LogP contribution in [0, 0.1) is 11.3 Å². The average Bonchev–Trinajstić information content (AvgIpc) is 2.03. The van der Waals surface area contributed by atoms with Crippen LogP contribution in [-0.2, 0) is 0 Å². The van der Waals surface area contributed by atoms with E-state index in [4.69, 9.17) is 21.2 Å². The third-order valence-electron chi connectivity index (χ3n) is 1.52. The zero-order valence-electron chi connectivity index (χ0n) is 6.48. The summed E-state index contributed by atoms with van der Waals surface area (Å²) in [6.45, 7) is 0. The van der Waals surface area contributed by atoms with Gasteiger partial charge in [-0.05, 0) is 6.07 Å².